The van der Waals surface area contributed by atoms with Gasteiger partial charge in [-0.25, -0.2) is 4.98 Å². The number of nitrogens with one attached hydrogen (secondary N) is 2. The van der Waals surface area contributed by atoms with E-state index in [9.17, 15) is 0 Å². The second kappa shape index (κ2) is 5.84. The molecule has 96 valence electrons. The van der Waals surface area contributed by atoms with Crippen LogP contribution in [0.2, 0.25) is 0 Å². The lowest BCUT2D eigenvalue weighted by molar-refractivity contribution is 0.508. The summed E-state index contributed by atoms with van der Waals surface area (Å²) in [5.41, 5.74) is 1.15. The van der Waals surface area contributed by atoms with Gasteiger partial charge in [0.2, 0.25) is 5.95 Å². The van der Waals surface area contributed by atoms with Crippen molar-refractivity contribution in [2.75, 3.05) is 17.2 Å². The third kappa shape index (κ3) is 4.21. The number of aryl methyl sites for hydroxylation is 1. The molecule has 0 atom stereocenters. The second-order valence-electron chi connectivity index (χ2n) is 5.01. The van der Waals surface area contributed by atoms with E-state index in [0.717, 1.165) is 30.8 Å². The van der Waals surface area contributed by atoms with Crippen molar-refractivity contribution in [1.82, 2.24) is 9.97 Å². The molecule has 1 aromatic rings. The molecule has 17 heavy (non-hydrogen) atoms. The number of hydrogen-bond acceptors (Lipinski definition) is 4. The summed E-state index contributed by atoms with van der Waals surface area (Å²) in [6.07, 6.45) is 4.13. The van der Waals surface area contributed by atoms with Crippen molar-refractivity contribution >= 4 is 11.8 Å². The Bertz CT molecular complexity index is 360. The Morgan fingerprint density at radius 1 is 1.29 bits per heavy atom. The van der Waals surface area contributed by atoms with Gasteiger partial charge in [0, 0.05) is 23.8 Å². The van der Waals surface area contributed by atoms with Crippen LogP contribution in [0.5, 0.6) is 0 Å². The van der Waals surface area contributed by atoms with Crippen LogP contribution in [0.3, 0.4) is 0 Å². The van der Waals surface area contributed by atoms with Gasteiger partial charge in [-0.05, 0) is 34.1 Å². The van der Waals surface area contributed by atoms with Gasteiger partial charge in [-0.15, -0.1) is 0 Å². The largest absolute Gasteiger partial charge is 0.365 e. The maximum Gasteiger partial charge on any atom is 0.224 e. The molecule has 0 bridgehead atoms. The molecular formula is C13H24N4. The van der Waals surface area contributed by atoms with E-state index in [1.165, 1.54) is 0 Å². The Morgan fingerprint density at radius 2 is 2.00 bits per heavy atom. The normalized spacial score (nSPS) is 11.4. The van der Waals surface area contributed by atoms with E-state index in [-0.39, 0.29) is 5.54 Å². The van der Waals surface area contributed by atoms with E-state index in [2.05, 4.69) is 41.4 Å². The number of hydrogen-bond donors (Lipinski definition) is 2. The van der Waals surface area contributed by atoms with Gasteiger partial charge >= 0.3 is 0 Å². The van der Waals surface area contributed by atoms with Crippen molar-refractivity contribution in [1.29, 1.82) is 0 Å². The van der Waals surface area contributed by atoms with Gasteiger partial charge in [-0.3, -0.25) is 0 Å². The van der Waals surface area contributed by atoms with Gasteiger partial charge in [0.1, 0.15) is 5.82 Å². The van der Waals surface area contributed by atoms with E-state index in [4.69, 9.17) is 0 Å². The number of rotatable bonds is 6. The Balaban J connectivity index is 2.85. The van der Waals surface area contributed by atoms with Gasteiger partial charge in [0.15, 0.2) is 0 Å². The standard InChI is InChI=1S/C13H24N4/c1-6-8-13(4,5)17-11-10(3)9-15-12(16-11)14-7-2/h9H,6-8H2,1-5H3,(H2,14,15,16,17). The van der Waals surface area contributed by atoms with Crippen LogP contribution in [0.1, 0.15) is 46.1 Å². The lowest BCUT2D eigenvalue weighted by atomic mass is 9.99. The van der Waals surface area contributed by atoms with Gasteiger partial charge < -0.3 is 10.6 Å². The maximum atomic E-state index is 4.50. The summed E-state index contributed by atoms with van der Waals surface area (Å²) in [6, 6.07) is 0. The molecular weight excluding hydrogens is 212 g/mol. The molecule has 0 aliphatic carbocycles. The molecule has 1 heterocycles. The molecule has 0 saturated carbocycles. The Labute approximate surface area is 104 Å². The van der Waals surface area contributed by atoms with Crippen molar-refractivity contribution in [3.05, 3.63) is 11.8 Å². The fraction of sp³-hybridized carbons (Fsp3) is 0.692. The molecule has 2 N–H and O–H groups in total. The molecule has 0 amide bonds. The highest BCUT2D eigenvalue weighted by atomic mass is 15.2. The van der Waals surface area contributed by atoms with Gasteiger partial charge in [-0.2, -0.15) is 4.98 Å². The highest BCUT2D eigenvalue weighted by molar-refractivity contribution is 5.47. The van der Waals surface area contributed by atoms with E-state index in [1.54, 1.807) is 0 Å². The summed E-state index contributed by atoms with van der Waals surface area (Å²) < 4.78 is 0. The van der Waals surface area contributed by atoms with E-state index >= 15 is 0 Å². The topological polar surface area (TPSA) is 49.8 Å². The molecule has 0 fully saturated rings. The monoisotopic (exact) mass is 236 g/mol. The zero-order chi connectivity index (χ0) is 12.9. The van der Waals surface area contributed by atoms with Crippen molar-refractivity contribution < 1.29 is 0 Å². The summed E-state index contributed by atoms with van der Waals surface area (Å²) in [4.78, 5) is 8.74. The Hall–Kier alpha value is -1.32. The lowest BCUT2D eigenvalue weighted by Crippen LogP contribution is -2.31. The van der Waals surface area contributed by atoms with Gasteiger partial charge in [-0.1, -0.05) is 13.3 Å². The minimum absolute atomic E-state index is 0.0668. The van der Waals surface area contributed by atoms with E-state index < -0.39 is 0 Å². The Kier molecular flexibility index (Phi) is 4.73. The van der Waals surface area contributed by atoms with Crippen molar-refractivity contribution in [2.24, 2.45) is 0 Å². The molecule has 1 rings (SSSR count). The predicted octanol–water partition coefficient (Wildman–Crippen LogP) is 3.21. The third-order valence-electron chi connectivity index (χ3n) is 2.64. The predicted molar refractivity (Wildman–Crippen MR) is 73.5 cm³/mol. The van der Waals surface area contributed by atoms with Crippen LogP contribution in [0.15, 0.2) is 6.20 Å². The van der Waals surface area contributed by atoms with Crippen molar-refractivity contribution in [3.63, 3.8) is 0 Å². The first-order valence-electron chi connectivity index (χ1n) is 6.34. The van der Waals surface area contributed by atoms with Crippen LogP contribution in [0.25, 0.3) is 0 Å². The summed E-state index contributed by atoms with van der Waals surface area (Å²) in [5, 5.41) is 6.63. The molecule has 0 spiro atoms. The zero-order valence-corrected chi connectivity index (χ0v) is 11.6. The minimum Gasteiger partial charge on any atom is -0.365 e. The third-order valence-corrected chi connectivity index (χ3v) is 2.64. The molecule has 0 aliphatic rings. The van der Waals surface area contributed by atoms with E-state index in [1.807, 2.05) is 20.0 Å². The summed E-state index contributed by atoms with van der Waals surface area (Å²) in [5.74, 6) is 1.61. The first-order chi connectivity index (χ1) is 7.98. The van der Waals surface area contributed by atoms with Crippen LogP contribution in [-0.4, -0.2) is 22.1 Å². The number of aromatic nitrogens is 2. The van der Waals surface area contributed by atoms with Crippen LogP contribution in [-0.2, 0) is 0 Å². The van der Waals surface area contributed by atoms with Gasteiger partial charge in [0.25, 0.3) is 0 Å². The van der Waals surface area contributed by atoms with Crippen LogP contribution < -0.4 is 10.6 Å². The average Bonchev–Trinajstić information content (AvgIpc) is 2.23. The lowest BCUT2D eigenvalue weighted by Gasteiger charge is -2.27. The first-order valence-corrected chi connectivity index (χ1v) is 6.34. The SMILES string of the molecule is CCCC(C)(C)Nc1nc(NCC)ncc1C. The van der Waals surface area contributed by atoms with Crippen LogP contribution >= 0.6 is 0 Å². The fourth-order valence-corrected chi connectivity index (χ4v) is 1.82. The van der Waals surface area contributed by atoms with Crippen molar-refractivity contribution in [3.8, 4) is 0 Å². The highest BCUT2D eigenvalue weighted by Gasteiger charge is 2.18. The highest BCUT2D eigenvalue weighted by Crippen LogP contribution is 2.21. The summed E-state index contributed by atoms with van der Waals surface area (Å²) in [7, 11) is 0. The second-order valence-corrected chi connectivity index (χ2v) is 5.01. The number of anilines is 2. The van der Waals surface area contributed by atoms with Gasteiger partial charge in [0.05, 0.1) is 0 Å². The molecule has 4 nitrogen and oxygen atoms in total. The minimum atomic E-state index is 0.0668. The Morgan fingerprint density at radius 3 is 2.59 bits per heavy atom. The molecule has 1 aromatic heterocycles. The molecule has 0 aromatic carbocycles. The molecule has 0 aliphatic heterocycles. The summed E-state index contributed by atoms with van der Waals surface area (Å²) in [6.45, 7) is 11.5. The zero-order valence-electron chi connectivity index (χ0n) is 11.6. The van der Waals surface area contributed by atoms with E-state index in [0.29, 0.717) is 5.95 Å². The average molecular weight is 236 g/mol. The van der Waals surface area contributed by atoms with Crippen LogP contribution in [0, 0.1) is 6.92 Å². The molecule has 0 unspecified atom stereocenters. The molecule has 0 radical (unpaired) electrons. The maximum absolute atomic E-state index is 4.50. The molecule has 4 heteroatoms. The first kappa shape index (κ1) is 13.7. The quantitative estimate of drug-likeness (QED) is 0.796. The van der Waals surface area contributed by atoms with Crippen molar-refractivity contribution in [2.45, 2.75) is 53.0 Å². The number of nitrogens with zero attached hydrogens (tertiary/aromatic N) is 2. The smallest absolute Gasteiger partial charge is 0.224 e. The summed E-state index contributed by atoms with van der Waals surface area (Å²) >= 11 is 0. The van der Waals surface area contributed by atoms with Crippen LogP contribution in [0.4, 0.5) is 11.8 Å². The molecule has 0 saturated heterocycles. The fourth-order valence-electron chi connectivity index (χ4n) is 1.82.